The molecule has 0 fully saturated rings. The SMILES string of the molecule is CN/N=C(/Cc1ccc2c(c1)CCN2S(N)(=O)=O)c1cc(OC)c(OC)cc1C. The Balaban J connectivity index is 1.95. The van der Waals surface area contributed by atoms with E-state index in [2.05, 4.69) is 10.5 Å². The van der Waals surface area contributed by atoms with Crippen molar-refractivity contribution in [2.45, 2.75) is 19.8 Å². The van der Waals surface area contributed by atoms with Crippen LogP contribution in [0, 0.1) is 6.92 Å². The van der Waals surface area contributed by atoms with Crippen LogP contribution < -0.4 is 24.3 Å². The second-order valence-electron chi connectivity index (χ2n) is 6.81. The Morgan fingerprint density at radius 2 is 1.90 bits per heavy atom. The molecule has 0 unspecified atom stereocenters. The normalized spacial score (nSPS) is 14.0. The molecule has 1 aliphatic rings. The lowest BCUT2D eigenvalue weighted by atomic mass is 9.96. The Bertz CT molecular complexity index is 1050. The molecule has 0 spiro atoms. The molecule has 9 heteroatoms. The molecule has 8 nitrogen and oxygen atoms in total. The van der Waals surface area contributed by atoms with Gasteiger partial charge >= 0.3 is 0 Å². The third-order valence-corrected chi connectivity index (χ3v) is 5.96. The molecule has 2 aromatic rings. The lowest BCUT2D eigenvalue weighted by Gasteiger charge is -2.17. The quantitative estimate of drug-likeness (QED) is 0.526. The minimum absolute atomic E-state index is 0.365. The fourth-order valence-corrected chi connectivity index (χ4v) is 4.41. The summed E-state index contributed by atoms with van der Waals surface area (Å²) in [5.41, 5.74) is 8.31. The minimum Gasteiger partial charge on any atom is -0.493 e. The highest BCUT2D eigenvalue weighted by Crippen LogP contribution is 2.33. The molecule has 0 aliphatic carbocycles. The van der Waals surface area contributed by atoms with Gasteiger partial charge in [-0.05, 0) is 48.2 Å². The highest BCUT2D eigenvalue weighted by atomic mass is 32.2. The van der Waals surface area contributed by atoms with Crippen LogP contribution in [0.3, 0.4) is 0 Å². The summed E-state index contributed by atoms with van der Waals surface area (Å²) in [6, 6.07) is 9.57. The summed E-state index contributed by atoms with van der Waals surface area (Å²) in [4.78, 5) is 0. The Morgan fingerprint density at radius 3 is 2.52 bits per heavy atom. The van der Waals surface area contributed by atoms with Gasteiger partial charge in [-0.25, -0.2) is 5.14 Å². The van der Waals surface area contributed by atoms with Crippen molar-refractivity contribution >= 4 is 21.6 Å². The predicted molar refractivity (Wildman–Crippen MR) is 114 cm³/mol. The van der Waals surface area contributed by atoms with Crippen LogP contribution in [0.2, 0.25) is 0 Å². The Labute approximate surface area is 171 Å². The van der Waals surface area contributed by atoms with Crippen molar-refractivity contribution in [1.82, 2.24) is 5.43 Å². The smallest absolute Gasteiger partial charge is 0.299 e. The van der Waals surface area contributed by atoms with Crippen LogP contribution in [-0.4, -0.2) is 41.9 Å². The fourth-order valence-electron chi connectivity index (χ4n) is 3.61. The van der Waals surface area contributed by atoms with Crippen molar-refractivity contribution in [3.8, 4) is 11.5 Å². The number of aryl methyl sites for hydroxylation is 1. The molecule has 1 heterocycles. The van der Waals surface area contributed by atoms with Crippen molar-refractivity contribution in [3.05, 3.63) is 52.6 Å². The van der Waals surface area contributed by atoms with Crippen LogP contribution in [0.1, 0.15) is 22.3 Å². The number of anilines is 1. The van der Waals surface area contributed by atoms with Crippen molar-refractivity contribution in [3.63, 3.8) is 0 Å². The summed E-state index contributed by atoms with van der Waals surface area (Å²) in [6.45, 7) is 2.36. The zero-order chi connectivity index (χ0) is 21.2. The molecule has 3 N–H and O–H groups in total. The Kier molecular flexibility index (Phi) is 5.99. The molecule has 29 heavy (non-hydrogen) atoms. The monoisotopic (exact) mass is 418 g/mol. The first kappa shape index (κ1) is 20.9. The van der Waals surface area contributed by atoms with Gasteiger partial charge in [0.1, 0.15) is 0 Å². The maximum atomic E-state index is 11.7. The van der Waals surface area contributed by atoms with E-state index in [1.54, 1.807) is 27.3 Å². The van der Waals surface area contributed by atoms with Crippen LogP contribution in [0.15, 0.2) is 35.4 Å². The van der Waals surface area contributed by atoms with Gasteiger partial charge in [0.25, 0.3) is 10.2 Å². The molecular formula is C20H26N4O4S. The van der Waals surface area contributed by atoms with E-state index in [4.69, 9.17) is 14.6 Å². The van der Waals surface area contributed by atoms with Crippen molar-refractivity contribution in [1.29, 1.82) is 0 Å². The number of hydrazone groups is 1. The van der Waals surface area contributed by atoms with Crippen LogP contribution in [0.25, 0.3) is 0 Å². The predicted octanol–water partition coefficient (Wildman–Crippen LogP) is 1.74. The first-order valence-corrected chi connectivity index (χ1v) is 10.7. The Morgan fingerprint density at radius 1 is 1.21 bits per heavy atom. The van der Waals surface area contributed by atoms with E-state index in [0.29, 0.717) is 36.6 Å². The molecule has 0 atom stereocenters. The van der Waals surface area contributed by atoms with E-state index in [1.807, 2.05) is 31.2 Å². The maximum absolute atomic E-state index is 11.7. The van der Waals surface area contributed by atoms with Gasteiger partial charge in [0.15, 0.2) is 11.5 Å². The van der Waals surface area contributed by atoms with E-state index in [0.717, 1.165) is 28.0 Å². The average molecular weight is 419 g/mol. The summed E-state index contributed by atoms with van der Waals surface area (Å²) in [7, 11) is 1.21. The lowest BCUT2D eigenvalue weighted by molar-refractivity contribution is 0.354. The molecule has 0 saturated heterocycles. The van der Waals surface area contributed by atoms with E-state index in [-0.39, 0.29) is 0 Å². The van der Waals surface area contributed by atoms with Gasteiger partial charge in [0.2, 0.25) is 0 Å². The van der Waals surface area contributed by atoms with E-state index in [9.17, 15) is 8.42 Å². The van der Waals surface area contributed by atoms with Gasteiger partial charge in [-0.2, -0.15) is 13.5 Å². The number of benzene rings is 2. The molecule has 156 valence electrons. The molecule has 3 rings (SSSR count). The van der Waals surface area contributed by atoms with Gasteiger partial charge in [-0.15, -0.1) is 0 Å². The Hall–Kier alpha value is -2.78. The largest absolute Gasteiger partial charge is 0.493 e. The molecule has 2 aromatic carbocycles. The number of hydrogen-bond acceptors (Lipinski definition) is 6. The molecule has 0 saturated carbocycles. The van der Waals surface area contributed by atoms with E-state index in [1.165, 1.54) is 4.31 Å². The van der Waals surface area contributed by atoms with Gasteiger partial charge in [-0.3, -0.25) is 4.31 Å². The highest BCUT2D eigenvalue weighted by Gasteiger charge is 2.27. The van der Waals surface area contributed by atoms with Crippen molar-refractivity contribution < 1.29 is 17.9 Å². The molecular weight excluding hydrogens is 392 g/mol. The number of hydrogen-bond donors (Lipinski definition) is 2. The summed E-state index contributed by atoms with van der Waals surface area (Å²) < 4.78 is 35.5. The topological polar surface area (TPSA) is 106 Å². The standard InChI is InChI=1S/C20H26N4O4S/c1-13-9-19(27-3)20(28-4)12-16(13)17(23-22-2)11-14-5-6-18-15(10-14)7-8-24(18)29(21,25)26/h5-6,9-10,12,22H,7-8,11H2,1-4H3,(H2,21,25,26)/b23-17-. The minimum atomic E-state index is -3.75. The lowest BCUT2D eigenvalue weighted by Crippen LogP contribution is -2.35. The zero-order valence-corrected chi connectivity index (χ0v) is 17.8. The molecule has 0 bridgehead atoms. The fraction of sp³-hybridized carbons (Fsp3) is 0.350. The van der Waals surface area contributed by atoms with Gasteiger partial charge in [0.05, 0.1) is 25.6 Å². The molecule has 0 amide bonds. The third-order valence-electron chi connectivity index (χ3n) is 4.96. The molecule has 1 aliphatic heterocycles. The maximum Gasteiger partial charge on any atom is 0.299 e. The summed E-state index contributed by atoms with van der Waals surface area (Å²) in [6.07, 6.45) is 1.20. The first-order chi connectivity index (χ1) is 13.8. The number of methoxy groups -OCH3 is 2. The number of nitrogens with one attached hydrogen (secondary N) is 1. The van der Waals surface area contributed by atoms with Gasteiger partial charge in [0, 0.05) is 25.6 Å². The number of fused-ring (bicyclic) bond motifs is 1. The number of nitrogens with zero attached hydrogens (tertiary/aromatic N) is 2. The van der Waals surface area contributed by atoms with Crippen molar-refractivity contribution in [2.24, 2.45) is 10.2 Å². The summed E-state index contributed by atoms with van der Waals surface area (Å²) in [5, 5.41) is 9.78. The highest BCUT2D eigenvalue weighted by molar-refractivity contribution is 7.90. The first-order valence-electron chi connectivity index (χ1n) is 9.17. The van der Waals surface area contributed by atoms with Crippen LogP contribution in [-0.2, 0) is 23.1 Å². The number of rotatable bonds is 7. The number of nitrogens with two attached hydrogens (primary N) is 1. The van der Waals surface area contributed by atoms with Crippen LogP contribution >= 0.6 is 0 Å². The molecule has 0 aromatic heterocycles. The van der Waals surface area contributed by atoms with Crippen LogP contribution in [0.4, 0.5) is 5.69 Å². The van der Waals surface area contributed by atoms with Gasteiger partial charge < -0.3 is 14.9 Å². The van der Waals surface area contributed by atoms with Gasteiger partial charge in [-0.1, -0.05) is 12.1 Å². The van der Waals surface area contributed by atoms with E-state index >= 15 is 0 Å². The van der Waals surface area contributed by atoms with Crippen molar-refractivity contribution in [2.75, 3.05) is 32.1 Å². The molecule has 0 radical (unpaired) electrons. The summed E-state index contributed by atoms with van der Waals surface area (Å²) >= 11 is 0. The van der Waals surface area contributed by atoms with E-state index < -0.39 is 10.2 Å². The zero-order valence-electron chi connectivity index (χ0n) is 17.0. The third kappa shape index (κ3) is 4.30. The second-order valence-corrected chi connectivity index (χ2v) is 8.28. The number of ether oxygens (including phenoxy) is 2. The average Bonchev–Trinajstić information content (AvgIpc) is 3.11. The van der Waals surface area contributed by atoms with Crippen LogP contribution in [0.5, 0.6) is 11.5 Å². The second kappa shape index (κ2) is 8.30. The summed E-state index contributed by atoms with van der Waals surface area (Å²) in [5.74, 6) is 1.30.